The number of nitrogens with zero attached hydrogens (tertiary/aromatic N) is 8. The first kappa shape index (κ1) is 21.9. The van der Waals surface area contributed by atoms with Gasteiger partial charge in [0.25, 0.3) is 5.91 Å². The maximum absolute atomic E-state index is 12.7. The van der Waals surface area contributed by atoms with Crippen molar-refractivity contribution in [3.63, 3.8) is 0 Å². The Hall–Kier alpha value is -3.80. The molecule has 0 aliphatic carbocycles. The van der Waals surface area contributed by atoms with Crippen molar-refractivity contribution in [1.82, 2.24) is 35.6 Å². The number of amides is 1. The largest absolute Gasteiger partial charge is 0.378 e. The van der Waals surface area contributed by atoms with Crippen LogP contribution in [0.2, 0.25) is 0 Å². The van der Waals surface area contributed by atoms with Crippen molar-refractivity contribution < 1.29 is 9.42 Å². The Bertz CT molecular complexity index is 1030. The van der Waals surface area contributed by atoms with Crippen LogP contribution < -0.4 is 16.1 Å². The zero-order valence-corrected chi connectivity index (χ0v) is 18.0. The zero-order chi connectivity index (χ0) is 22.4. The normalized spacial score (nSPS) is 11.4. The smallest absolute Gasteiger partial charge is 0.293 e. The number of nitrogens with two attached hydrogens (primary N) is 1. The van der Waals surface area contributed by atoms with E-state index < -0.39 is 5.91 Å². The lowest BCUT2D eigenvalue weighted by molar-refractivity contribution is 0.0948. The Kier molecular flexibility index (Phi) is 6.92. The Morgan fingerprint density at radius 2 is 1.94 bits per heavy atom. The fraction of sp³-hybridized carbons (Fsp3) is 0.368. The van der Waals surface area contributed by atoms with E-state index >= 15 is 0 Å². The minimum Gasteiger partial charge on any atom is -0.378 e. The molecular weight excluding hydrogens is 400 g/mol. The Morgan fingerprint density at radius 3 is 2.52 bits per heavy atom. The molecule has 0 saturated heterocycles. The lowest BCUT2D eigenvalue weighted by Crippen LogP contribution is -2.23. The molecule has 0 saturated carbocycles. The predicted octanol–water partition coefficient (Wildman–Crippen LogP) is 0.904. The molecule has 0 atom stereocenters. The van der Waals surface area contributed by atoms with Crippen molar-refractivity contribution in [2.24, 2.45) is 5.10 Å². The van der Waals surface area contributed by atoms with Gasteiger partial charge in [-0.15, -0.1) is 5.10 Å². The third-order valence-electron chi connectivity index (χ3n) is 4.54. The number of nitrogen functional groups attached to an aromatic ring is 1. The van der Waals surface area contributed by atoms with E-state index in [4.69, 9.17) is 5.73 Å². The van der Waals surface area contributed by atoms with E-state index in [9.17, 15) is 4.79 Å². The molecule has 1 amide bonds. The van der Waals surface area contributed by atoms with E-state index in [2.05, 4.69) is 54.5 Å². The van der Waals surface area contributed by atoms with Gasteiger partial charge >= 0.3 is 0 Å². The number of anilines is 2. The molecule has 0 unspecified atom stereocenters. The molecule has 0 spiro atoms. The molecular formula is C19H26N10O2. The molecule has 2 heterocycles. The van der Waals surface area contributed by atoms with Crippen molar-refractivity contribution in [1.29, 1.82) is 0 Å². The molecule has 1 aromatic carbocycles. The van der Waals surface area contributed by atoms with Crippen LogP contribution in [0.1, 0.15) is 35.6 Å². The quantitative estimate of drug-likeness (QED) is 0.377. The van der Waals surface area contributed by atoms with E-state index in [0.717, 1.165) is 24.3 Å². The first-order valence-electron chi connectivity index (χ1n) is 9.80. The van der Waals surface area contributed by atoms with Crippen LogP contribution in [0.15, 0.2) is 34.0 Å². The van der Waals surface area contributed by atoms with Gasteiger partial charge in [0.1, 0.15) is 0 Å². The van der Waals surface area contributed by atoms with Crippen molar-refractivity contribution in [2.45, 2.75) is 20.4 Å². The number of hydrogen-bond acceptors (Lipinski definition) is 10. The van der Waals surface area contributed by atoms with Gasteiger partial charge in [0, 0.05) is 25.3 Å². The number of carbonyl (C=O) groups is 1. The molecule has 31 heavy (non-hydrogen) atoms. The highest BCUT2D eigenvalue weighted by atomic mass is 16.6. The van der Waals surface area contributed by atoms with Crippen LogP contribution in [0.4, 0.5) is 11.5 Å². The Balaban J connectivity index is 1.74. The van der Waals surface area contributed by atoms with Gasteiger partial charge in [-0.3, -0.25) is 4.79 Å². The Morgan fingerprint density at radius 1 is 1.23 bits per heavy atom. The monoisotopic (exact) mass is 426 g/mol. The van der Waals surface area contributed by atoms with Crippen LogP contribution >= 0.6 is 0 Å². The molecule has 164 valence electrons. The summed E-state index contributed by atoms with van der Waals surface area (Å²) in [6.07, 6.45) is 1.57. The number of hydrazone groups is 1. The third-order valence-corrected chi connectivity index (χ3v) is 4.54. The molecule has 12 heteroatoms. The lowest BCUT2D eigenvalue weighted by Gasteiger charge is -2.20. The van der Waals surface area contributed by atoms with E-state index in [1.165, 1.54) is 4.68 Å². The van der Waals surface area contributed by atoms with E-state index in [1.807, 2.05) is 43.3 Å². The van der Waals surface area contributed by atoms with Gasteiger partial charge in [-0.25, -0.2) is 10.1 Å². The topological polar surface area (TPSA) is 144 Å². The lowest BCUT2D eigenvalue weighted by atomic mass is 10.2. The minimum atomic E-state index is -0.505. The van der Waals surface area contributed by atoms with Gasteiger partial charge in [0.15, 0.2) is 5.69 Å². The van der Waals surface area contributed by atoms with Crippen LogP contribution in [-0.4, -0.2) is 69.5 Å². The molecule has 0 aliphatic heterocycles. The highest BCUT2D eigenvalue weighted by Gasteiger charge is 2.24. The first-order valence-corrected chi connectivity index (χ1v) is 9.80. The number of hydrogen-bond donors (Lipinski definition) is 2. The average molecular weight is 426 g/mol. The standard InChI is InChI=1S/C19H26N10O2/c1-5-28(6-2)14-9-7-13(8-10-14)11-21-23-19(30)16-15(12-27(3)4)29(26-22-16)18-17(20)24-31-25-18/h7-11H,5-6,12H2,1-4H3,(H2,20,24)(H,23,30). The molecule has 3 N–H and O–H groups in total. The molecule has 0 fully saturated rings. The van der Waals surface area contributed by atoms with Crippen molar-refractivity contribution >= 4 is 23.6 Å². The van der Waals surface area contributed by atoms with Crippen molar-refractivity contribution in [3.8, 4) is 5.82 Å². The summed E-state index contributed by atoms with van der Waals surface area (Å²) in [5, 5.41) is 19.3. The fourth-order valence-electron chi connectivity index (χ4n) is 3.01. The maximum Gasteiger partial charge on any atom is 0.293 e. The van der Waals surface area contributed by atoms with Crippen LogP contribution in [0, 0.1) is 0 Å². The second-order valence-electron chi connectivity index (χ2n) is 6.97. The third kappa shape index (κ3) is 5.04. The highest BCUT2D eigenvalue weighted by Crippen LogP contribution is 2.17. The van der Waals surface area contributed by atoms with Gasteiger partial charge in [-0.05, 0) is 56.0 Å². The number of benzene rings is 1. The zero-order valence-electron chi connectivity index (χ0n) is 18.0. The predicted molar refractivity (Wildman–Crippen MR) is 116 cm³/mol. The summed E-state index contributed by atoms with van der Waals surface area (Å²) in [5.41, 5.74) is 10.8. The van der Waals surface area contributed by atoms with E-state index in [0.29, 0.717) is 12.2 Å². The van der Waals surface area contributed by atoms with Gasteiger partial charge in [-0.2, -0.15) is 9.78 Å². The summed E-state index contributed by atoms with van der Waals surface area (Å²) in [4.78, 5) is 16.8. The number of aromatic nitrogens is 5. The SMILES string of the molecule is CCN(CC)c1ccc(C=NNC(=O)c2nnn(-c3nonc3N)c2CN(C)C)cc1. The van der Waals surface area contributed by atoms with Gasteiger partial charge < -0.3 is 15.5 Å². The molecule has 0 aliphatic rings. The molecule has 0 bridgehead atoms. The first-order chi connectivity index (χ1) is 14.9. The summed E-state index contributed by atoms with van der Waals surface area (Å²) in [7, 11) is 3.70. The number of rotatable bonds is 9. The molecule has 2 aromatic heterocycles. The van der Waals surface area contributed by atoms with Crippen molar-refractivity contribution in [3.05, 3.63) is 41.2 Å². The van der Waals surface area contributed by atoms with Gasteiger partial charge in [-0.1, -0.05) is 17.3 Å². The highest BCUT2D eigenvalue weighted by molar-refractivity contribution is 5.94. The molecule has 12 nitrogen and oxygen atoms in total. The summed E-state index contributed by atoms with van der Waals surface area (Å²) in [6.45, 7) is 6.46. The van der Waals surface area contributed by atoms with Crippen LogP contribution in [0.3, 0.4) is 0 Å². The molecule has 3 rings (SSSR count). The van der Waals surface area contributed by atoms with Crippen molar-refractivity contribution in [2.75, 3.05) is 37.8 Å². The van der Waals surface area contributed by atoms with E-state index in [1.54, 1.807) is 6.21 Å². The summed E-state index contributed by atoms with van der Waals surface area (Å²) < 4.78 is 5.96. The molecule has 3 aromatic rings. The summed E-state index contributed by atoms with van der Waals surface area (Å²) in [5.74, 6) is -0.294. The fourth-order valence-corrected chi connectivity index (χ4v) is 3.01. The summed E-state index contributed by atoms with van der Waals surface area (Å²) >= 11 is 0. The minimum absolute atomic E-state index is 0.0445. The number of carbonyl (C=O) groups excluding carboxylic acids is 1. The Labute approximate surface area is 179 Å². The van der Waals surface area contributed by atoms with Gasteiger partial charge in [0.05, 0.1) is 11.9 Å². The molecule has 0 radical (unpaired) electrons. The summed E-state index contributed by atoms with van der Waals surface area (Å²) in [6, 6.07) is 7.93. The van der Waals surface area contributed by atoms with E-state index in [-0.39, 0.29) is 17.3 Å². The van der Waals surface area contributed by atoms with Gasteiger partial charge in [0.2, 0.25) is 11.6 Å². The second kappa shape index (κ2) is 9.80. The van der Waals surface area contributed by atoms with Crippen LogP contribution in [0.25, 0.3) is 5.82 Å². The number of nitrogens with one attached hydrogen (secondary N) is 1. The second-order valence-corrected chi connectivity index (χ2v) is 6.97. The van der Waals surface area contributed by atoms with Crippen LogP contribution in [0.5, 0.6) is 0 Å². The average Bonchev–Trinajstić information content (AvgIpc) is 3.35. The van der Waals surface area contributed by atoms with Crippen LogP contribution in [-0.2, 0) is 6.54 Å². The maximum atomic E-state index is 12.7.